The van der Waals surface area contributed by atoms with Crippen LogP contribution in [-0.2, 0) is 16.1 Å². The predicted octanol–water partition coefficient (Wildman–Crippen LogP) is 6.27. The van der Waals surface area contributed by atoms with Crippen LogP contribution in [0.1, 0.15) is 11.1 Å². The molecule has 0 atom stereocenters. The first-order chi connectivity index (χ1) is 18.0. The Kier molecular flexibility index (Phi) is 5.70. The number of halogens is 1. The number of para-hydroxylation sites is 1. The number of nitrogens with zero attached hydrogens (tertiary/aromatic N) is 2. The average Bonchev–Trinajstić information content (AvgIpc) is 3.24. The first kappa shape index (κ1) is 22.9. The summed E-state index contributed by atoms with van der Waals surface area (Å²) in [6.45, 7) is 0.623. The molecule has 4 amide bonds. The fourth-order valence-corrected chi connectivity index (χ4v) is 4.96. The Bertz CT molecular complexity index is 1750. The average molecular weight is 550 g/mol. The molecule has 5 aromatic rings. The van der Waals surface area contributed by atoms with Crippen molar-refractivity contribution in [3.63, 3.8) is 0 Å². The number of nitrogens with one attached hydrogen (secondary N) is 1. The molecule has 0 radical (unpaired) electrons. The van der Waals surface area contributed by atoms with Crippen molar-refractivity contribution < 1.29 is 14.4 Å². The first-order valence-electron chi connectivity index (χ1n) is 11.7. The fraction of sp³-hybridized carbons (Fsp3) is 0.0333. The summed E-state index contributed by atoms with van der Waals surface area (Å²) >= 11 is 3.35. The van der Waals surface area contributed by atoms with Crippen LogP contribution in [0, 0.1) is 0 Å². The molecule has 1 N–H and O–H groups in total. The number of benzene rings is 4. The molecule has 0 bridgehead atoms. The molecule has 1 fully saturated rings. The Morgan fingerprint density at radius 2 is 1.54 bits per heavy atom. The number of amides is 4. The van der Waals surface area contributed by atoms with Gasteiger partial charge < -0.3 is 4.57 Å². The molecule has 7 heteroatoms. The Morgan fingerprint density at radius 1 is 0.811 bits per heavy atom. The number of hydrogen-bond donors (Lipinski definition) is 1. The lowest BCUT2D eigenvalue weighted by atomic mass is 10.1. The van der Waals surface area contributed by atoms with E-state index in [1.54, 1.807) is 30.3 Å². The molecule has 0 spiro atoms. The monoisotopic (exact) mass is 549 g/mol. The normalized spacial score (nSPS) is 15.1. The highest BCUT2D eigenvalue weighted by molar-refractivity contribution is 9.10. The SMILES string of the molecule is O=C1NC(=O)N(c2ccc(Br)cc2)C(=O)/C1=C/c1cn(Cc2ccc3ccccc3c2)c2ccccc12. The number of barbiturate groups is 1. The molecule has 1 aliphatic rings. The van der Waals surface area contributed by atoms with E-state index in [9.17, 15) is 14.4 Å². The maximum Gasteiger partial charge on any atom is 0.335 e. The summed E-state index contributed by atoms with van der Waals surface area (Å²) in [6.07, 6.45) is 3.50. The van der Waals surface area contributed by atoms with Crippen LogP contribution < -0.4 is 10.2 Å². The highest BCUT2D eigenvalue weighted by atomic mass is 79.9. The van der Waals surface area contributed by atoms with Crippen LogP contribution in [0.3, 0.4) is 0 Å². The molecule has 0 aliphatic carbocycles. The molecule has 4 aromatic carbocycles. The minimum Gasteiger partial charge on any atom is -0.342 e. The number of fused-ring (bicyclic) bond motifs is 2. The van der Waals surface area contributed by atoms with Gasteiger partial charge in [0.1, 0.15) is 5.57 Å². The standard InChI is InChI=1S/C30H20BrN3O3/c31-23-11-13-24(14-12-23)34-29(36)26(28(35)32-30(34)37)16-22-18-33(27-8-4-3-7-25(22)27)17-19-9-10-20-5-1-2-6-21(20)15-19/h1-16,18H,17H2,(H,32,35,37)/b26-16+. The molecule has 6 rings (SSSR count). The zero-order chi connectivity index (χ0) is 25.5. The van der Waals surface area contributed by atoms with Crippen molar-refractivity contribution in [2.24, 2.45) is 0 Å². The van der Waals surface area contributed by atoms with E-state index in [0.29, 0.717) is 12.2 Å². The summed E-state index contributed by atoms with van der Waals surface area (Å²) in [6, 6.07) is 28.4. The van der Waals surface area contributed by atoms with E-state index in [1.165, 1.54) is 10.8 Å². The molecule has 0 saturated carbocycles. The van der Waals surface area contributed by atoms with Gasteiger partial charge in [-0.1, -0.05) is 70.5 Å². The zero-order valence-corrected chi connectivity index (χ0v) is 21.1. The second kappa shape index (κ2) is 9.19. The van der Waals surface area contributed by atoms with Crippen molar-refractivity contribution in [2.75, 3.05) is 4.90 Å². The van der Waals surface area contributed by atoms with E-state index in [2.05, 4.69) is 56.1 Å². The van der Waals surface area contributed by atoms with Gasteiger partial charge in [-0.2, -0.15) is 0 Å². The third-order valence-electron chi connectivity index (χ3n) is 6.47. The maximum atomic E-state index is 13.4. The molecule has 1 saturated heterocycles. The zero-order valence-electron chi connectivity index (χ0n) is 19.5. The Labute approximate surface area is 220 Å². The van der Waals surface area contributed by atoms with Crippen molar-refractivity contribution in [2.45, 2.75) is 6.54 Å². The van der Waals surface area contributed by atoms with Gasteiger partial charge in [-0.05, 0) is 58.8 Å². The largest absolute Gasteiger partial charge is 0.342 e. The van der Waals surface area contributed by atoms with Gasteiger partial charge in [-0.25, -0.2) is 9.69 Å². The molecular formula is C30H20BrN3O3. The van der Waals surface area contributed by atoms with E-state index < -0.39 is 17.8 Å². The lowest BCUT2D eigenvalue weighted by Gasteiger charge is -2.26. The third kappa shape index (κ3) is 4.23. The summed E-state index contributed by atoms with van der Waals surface area (Å²) < 4.78 is 2.92. The number of carbonyl (C=O) groups is 3. The van der Waals surface area contributed by atoms with Crippen LogP contribution in [0.5, 0.6) is 0 Å². The second-order valence-electron chi connectivity index (χ2n) is 8.85. The number of rotatable bonds is 4. The molecule has 37 heavy (non-hydrogen) atoms. The van der Waals surface area contributed by atoms with Gasteiger partial charge in [-0.15, -0.1) is 0 Å². The van der Waals surface area contributed by atoms with E-state index >= 15 is 0 Å². The van der Waals surface area contributed by atoms with Gasteiger partial charge in [-0.3, -0.25) is 14.9 Å². The fourth-order valence-electron chi connectivity index (χ4n) is 4.69. The van der Waals surface area contributed by atoms with Crippen LogP contribution in [0.4, 0.5) is 10.5 Å². The van der Waals surface area contributed by atoms with Crippen molar-refractivity contribution in [3.05, 3.63) is 118 Å². The van der Waals surface area contributed by atoms with Crippen molar-refractivity contribution in [3.8, 4) is 0 Å². The Balaban J connectivity index is 1.40. The lowest BCUT2D eigenvalue weighted by Crippen LogP contribution is -2.54. The summed E-state index contributed by atoms with van der Waals surface area (Å²) in [5.41, 5.74) is 3.11. The van der Waals surface area contributed by atoms with Gasteiger partial charge in [0.25, 0.3) is 11.8 Å². The van der Waals surface area contributed by atoms with E-state index in [0.717, 1.165) is 31.4 Å². The highest BCUT2D eigenvalue weighted by Gasteiger charge is 2.37. The van der Waals surface area contributed by atoms with E-state index in [-0.39, 0.29) is 5.57 Å². The number of hydrogen-bond acceptors (Lipinski definition) is 3. The van der Waals surface area contributed by atoms with Crippen molar-refractivity contribution in [1.29, 1.82) is 0 Å². The molecular weight excluding hydrogens is 530 g/mol. The summed E-state index contributed by atoms with van der Waals surface area (Å²) in [7, 11) is 0. The topological polar surface area (TPSA) is 71.4 Å². The van der Waals surface area contributed by atoms with Gasteiger partial charge >= 0.3 is 6.03 Å². The molecule has 2 heterocycles. The molecule has 180 valence electrons. The van der Waals surface area contributed by atoms with Crippen LogP contribution in [0.2, 0.25) is 0 Å². The minimum absolute atomic E-state index is 0.101. The number of aromatic nitrogens is 1. The van der Waals surface area contributed by atoms with Crippen LogP contribution in [0.15, 0.2) is 107 Å². The molecule has 6 nitrogen and oxygen atoms in total. The number of carbonyl (C=O) groups excluding carboxylic acids is 3. The number of imide groups is 2. The first-order valence-corrected chi connectivity index (χ1v) is 12.5. The quantitative estimate of drug-likeness (QED) is 0.212. The number of urea groups is 1. The van der Waals surface area contributed by atoms with Gasteiger partial charge in [0.2, 0.25) is 0 Å². The second-order valence-corrected chi connectivity index (χ2v) is 9.76. The van der Waals surface area contributed by atoms with Crippen LogP contribution >= 0.6 is 15.9 Å². The smallest absolute Gasteiger partial charge is 0.335 e. The maximum absolute atomic E-state index is 13.4. The van der Waals surface area contributed by atoms with E-state index in [1.807, 2.05) is 42.6 Å². The third-order valence-corrected chi connectivity index (χ3v) is 7.00. The molecule has 1 aromatic heterocycles. The van der Waals surface area contributed by atoms with Crippen molar-refractivity contribution >= 4 is 67.2 Å². The van der Waals surface area contributed by atoms with Crippen molar-refractivity contribution in [1.82, 2.24) is 9.88 Å². The van der Waals surface area contributed by atoms with Crippen LogP contribution in [0.25, 0.3) is 27.8 Å². The molecule has 0 unspecified atom stereocenters. The molecule has 1 aliphatic heterocycles. The summed E-state index contributed by atoms with van der Waals surface area (Å²) in [5, 5.41) is 5.55. The van der Waals surface area contributed by atoms with E-state index in [4.69, 9.17) is 0 Å². The Hall–Kier alpha value is -4.49. The van der Waals surface area contributed by atoms with Crippen LogP contribution in [-0.4, -0.2) is 22.4 Å². The summed E-state index contributed by atoms with van der Waals surface area (Å²) in [5.74, 6) is -1.38. The van der Waals surface area contributed by atoms with Gasteiger partial charge in [0.15, 0.2) is 0 Å². The Morgan fingerprint density at radius 3 is 2.35 bits per heavy atom. The lowest BCUT2D eigenvalue weighted by molar-refractivity contribution is -0.122. The minimum atomic E-state index is -0.770. The number of anilines is 1. The van der Waals surface area contributed by atoms with Gasteiger partial charge in [0.05, 0.1) is 5.69 Å². The highest BCUT2D eigenvalue weighted by Crippen LogP contribution is 2.28. The van der Waals surface area contributed by atoms with Gasteiger partial charge in [0, 0.05) is 33.7 Å². The summed E-state index contributed by atoms with van der Waals surface area (Å²) in [4.78, 5) is 39.6. The predicted molar refractivity (Wildman–Crippen MR) is 148 cm³/mol.